The summed E-state index contributed by atoms with van der Waals surface area (Å²) in [4.78, 5) is 38.2. The van der Waals surface area contributed by atoms with E-state index in [9.17, 15) is 14.4 Å². The Bertz CT molecular complexity index is 950. The Morgan fingerprint density at radius 3 is 2.37 bits per heavy atom. The molecule has 0 radical (unpaired) electrons. The molecule has 0 bridgehead atoms. The van der Waals surface area contributed by atoms with Crippen LogP contribution in [0, 0.1) is 0 Å². The van der Waals surface area contributed by atoms with Gasteiger partial charge in [0.2, 0.25) is 0 Å². The van der Waals surface area contributed by atoms with Gasteiger partial charge in [-0.25, -0.2) is 4.79 Å². The summed E-state index contributed by atoms with van der Waals surface area (Å²) in [6, 6.07) is 13.0. The lowest BCUT2D eigenvalue weighted by atomic mass is 9.89. The normalized spacial score (nSPS) is 16.1. The van der Waals surface area contributed by atoms with Gasteiger partial charge in [0, 0.05) is 13.1 Å². The van der Waals surface area contributed by atoms with E-state index in [-0.39, 0.29) is 30.4 Å². The van der Waals surface area contributed by atoms with Crippen molar-refractivity contribution in [3.63, 3.8) is 0 Å². The maximum absolute atomic E-state index is 12.3. The summed E-state index contributed by atoms with van der Waals surface area (Å²) in [7, 11) is 0. The maximum Gasteiger partial charge on any atom is 0.315 e. The first-order valence-corrected chi connectivity index (χ1v) is 10.7. The van der Waals surface area contributed by atoms with Gasteiger partial charge in [-0.1, -0.05) is 30.3 Å². The number of nitrogens with one attached hydrogen (secondary N) is 2. The summed E-state index contributed by atoms with van der Waals surface area (Å²) < 4.78 is 0. The van der Waals surface area contributed by atoms with Gasteiger partial charge in [-0.05, 0) is 67.9 Å². The van der Waals surface area contributed by atoms with Crippen molar-refractivity contribution in [1.82, 2.24) is 15.5 Å². The third kappa shape index (κ3) is 4.08. The fourth-order valence-electron chi connectivity index (χ4n) is 4.24. The Labute approximate surface area is 176 Å². The van der Waals surface area contributed by atoms with E-state index in [1.165, 1.54) is 28.9 Å². The molecule has 6 heteroatoms. The van der Waals surface area contributed by atoms with Crippen LogP contribution in [0.2, 0.25) is 0 Å². The van der Waals surface area contributed by atoms with Crippen LogP contribution in [0.4, 0.5) is 4.79 Å². The molecule has 4 rings (SSSR count). The molecule has 0 fully saturated rings. The maximum atomic E-state index is 12.3. The fraction of sp³-hybridized carbons (Fsp3) is 0.375. The summed E-state index contributed by atoms with van der Waals surface area (Å²) >= 11 is 0. The van der Waals surface area contributed by atoms with Crippen molar-refractivity contribution in [2.75, 3.05) is 13.1 Å². The molecule has 2 aromatic carbocycles. The molecule has 2 N–H and O–H groups in total. The van der Waals surface area contributed by atoms with E-state index in [0.29, 0.717) is 24.1 Å². The number of benzene rings is 2. The van der Waals surface area contributed by atoms with Crippen LogP contribution < -0.4 is 10.6 Å². The summed E-state index contributed by atoms with van der Waals surface area (Å²) in [5.74, 6) is -0.526. The molecular formula is C24H27N3O3. The minimum absolute atomic E-state index is 0.0894. The van der Waals surface area contributed by atoms with E-state index >= 15 is 0 Å². The third-order valence-corrected chi connectivity index (χ3v) is 5.94. The number of carbonyl (C=O) groups is 3. The molecule has 4 amide bonds. The van der Waals surface area contributed by atoms with Gasteiger partial charge in [-0.15, -0.1) is 0 Å². The average molecular weight is 405 g/mol. The number of nitrogens with zero attached hydrogens (tertiary/aromatic N) is 1. The third-order valence-electron chi connectivity index (χ3n) is 5.94. The lowest BCUT2D eigenvalue weighted by Crippen LogP contribution is -2.39. The van der Waals surface area contributed by atoms with Crippen LogP contribution in [0.3, 0.4) is 0 Å². The van der Waals surface area contributed by atoms with E-state index in [1.807, 2.05) is 6.92 Å². The quantitative estimate of drug-likeness (QED) is 0.569. The zero-order valence-corrected chi connectivity index (χ0v) is 17.2. The Balaban J connectivity index is 1.23. The van der Waals surface area contributed by atoms with Crippen molar-refractivity contribution >= 4 is 17.8 Å². The fourth-order valence-corrected chi connectivity index (χ4v) is 4.24. The number of aryl methyl sites for hydroxylation is 2. The molecule has 30 heavy (non-hydrogen) atoms. The number of fused-ring (bicyclic) bond motifs is 2. The molecule has 0 aromatic heterocycles. The Morgan fingerprint density at radius 2 is 1.67 bits per heavy atom. The lowest BCUT2D eigenvalue weighted by Gasteiger charge is -2.20. The van der Waals surface area contributed by atoms with Gasteiger partial charge >= 0.3 is 6.03 Å². The summed E-state index contributed by atoms with van der Waals surface area (Å²) in [6.45, 7) is 2.64. The number of carbonyl (C=O) groups excluding carboxylic acids is 3. The molecule has 0 spiro atoms. The molecule has 1 atom stereocenters. The van der Waals surface area contributed by atoms with Crippen molar-refractivity contribution in [3.05, 3.63) is 70.3 Å². The molecule has 0 saturated carbocycles. The number of hydrogen-bond acceptors (Lipinski definition) is 3. The van der Waals surface area contributed by atoms with Gasteiger partial charge in [0.25, 0.3) is 11.8 Å². The highest BCUT2D eigenvalue weighted by Crippen LogP contribution is 2.25. The smallest absolute Gasteiger partial charge is 0.315 e. The van der Waals surface area contributed by atoms with Gasteiger partial charge in [0.05, 0.1) is 17.2 Å². The lowest BCUT2D eigenvalue weighted by molar-refractivity contribution is 0.0653. The van der Waals surface area contributed by atoms with Gasteiger partial charge in [0.15, 0.2) is 0 Å². The highest BCUT2D eigenvalue weighted by Gasteiger charge is 2.34. The average Bonchev–Trinajstić information content (AvgIpc) is 3.01. The van der Waals surface area contributed by atoms with Crippen molar-refractivity contribution in [3.8, 4) is 0 Å². The van der Waals surface area contributed by atoms with Crippen molar-refractivity contribution in [2.45, 2.75) is 45.1 Å². The second-order valence-electron chi connectivity index (χ2n) is 8.02. The molecule has 156 valence electrons. The van der Waals surface area contributed by atoms with Crippen molar-refractivity contribution < 1.29 is 14.4 Å². The van der Waals surface area contributed by atoms with Crippen LogP contribution in [0.25, 0.3) is 0 Å². The second-order valence-corrected chi connectivity index (χ2v) is 8.02. The van der Waals surface area contributed by atoms with E-state index in [0.717, 1.165) is 18.4 Å². The first kappa shape index (κ1) is 20.1. The van der Waals surface area contributed by atoms with Crippen LogP contribution in [-0.4, -0.2) is 35.8 Å². The van der Waals surface area contributed by atoms with Crippen molar-refractivity contribution in [1.29, 1.82) is 0 Å². The predicted octanol–water partition coefficient (Wildman–Crippen LogP) is 3.61. The summed E-state index contributed by atoms with van der Waals surface area (Å²) in [5, 5.41) is 5.79. The minimum Gasteiger partial charge on any atom is -0.338 e. The molecule has 0 saturated heterocycles. The van der Waals surface area contributed by atoms with Gasteiger partial charge in [-0.2, -0.15) is 0 Å². The molecule has 2 aliphatic rings. The zero-order chi connectivity index (χ0) is 21.1. The molecule has 6 nitrogen and oxygen atoms in total. The number of rotatable bonds is 6. The minimum atomic E-state index is -0.263. The molecule has 1 aliphatic heterocycles. The summed E-state index contributed by atoms with van der Waals surface area (Å²) in [5.41, 5.74) is 4.83. The number of urea groups is 1. The first-order chi connectivity index (χ1) is 14.5. The van der Waals surface area contributed by atoms with Crippen LogP contribution >= 0.6 is 0 Å². The zero-order valence-electron chi connectivity index (χ0n) is 17.2. The highest BCUT2D eigenvalue weighted by molar-refractivity contribution is 6.21. The highest BCUT2D eigenvalue weighted by atomic mass is 16.2. The number of imide groups is 1. The van der Waals surface area contributed by atoms with Crippen LogP contribution in [-0.2, 0) is 12.8 Å². The summed E-state index contributed by atoms with van der Waals surface area (Å²) in [6.07, 6.45) is 5.24. The molecule has 2 aromatic rings. The van der Waals surface area contributed by atoms with Gasteiger partial charge < -0.3 is 10.6 Å². The SMILES string of the molecule is CC(NC(=O)NCCCN1C(=O)c2ccccc2C1=O)c1ccc2c(c1)CCCC2. The van der Waals surface area contributed by atoms with E-state index in [2.05, 4.69) is 28.8 Å². The number of amides is 4. The second kappa shape index (κ2) is 8.69. The molecule has 1 aliphatic carbocycles. The van der Waals surface area contributed by atoms with Crippen molar-refractivity contribution in [2.24, 2.45) is 0 Å². The van der Waals surface area contributed by atoms with Gasteiger partial charge in [0.1, 0.15) is 0 Å². The van der Waals surface area contributed by atoms with E-state index < -0.39 is 0 Å². The van der Waals surface area contributed by atoms with Crippen LogP contribution in [0.1, 0.15) is 69.6 Å². The van der Waals surface area contributed by atoms with Crippen LogP contribution in [0.15, 0.2) is 42.5 Å². The van der Waals surface area contributed by atoms with Gasteiger partial charge in [-0.3, -0.25) is 14.5 Å². The molecular weight excluding hydrogens is 378 g/mol. The monoisotopic (exact) mass is 405 g/mol. The predicted molar refractivity (Wildman–Crippen MR) is 114 cm³/mol. The first-order valence-electron chi connectivity index (χ1n) is 10.7. The van der Waals surface area contributed by atoms with Crippen LogP contribution in [0.5, 0.6) is 0 Å². The topological polar surface area (TPSA) is 78.5 Å². The Kier molecular flexibility index (Phi) is 5.84. The standard InChI is InChI=1S/C24H27N3O3/c1-16(18-12-11-17-7-2-3-8-19(17)15-18)26-24(30)25-13-6-14-27-22(28)20-9-4-5-10-21(20)23(27)29/h4-5,9-12,15-16H,2-3,6-8,13-14H2,1H3,(H2,25,26,30). The molecule has 1 unspecified atom stereocenters. The number of hydrogen-bond donors (Lipinski definition) is 2. The van der Waals surface area contributed by atoms with E-state index in [1.54, 1.807) is 24.3 Å². The Morgan fingerprint density at radius 1 is 1.00 bits per heavy atom. The molecule has 1 heterocycles. The Hall–Kier alpha value is -3.15. The van der Waals surface area contributed by atoms with E-state index in [4.69, 9.17) is 0 Å². The largest absolute Gasteiger partial charge is 0.338 e.